The molecule has 2 saturated heterocycles. The van der Waals surface area contributed by atoms with E-state index in [1.54, 1.807) is 25.1 Å². The van der Waals surface area contributed by atoms with Crippen LogP contribution in [0, 0.1) is 17.8 Å². The van der Waals surface area contributed by atoms with E-state index < -0.39 is 46.4 Å². The van der Waals surface area contributed by atoms with Gasteiger partial charge in [-0.05, 0) is 72.6 Å². The maximum absolute atomic E-state index is 13.7. The van der Waals surface area contributed by atoms with Gasteiger partial charge in [-0.1, -0.05) is 62.1 Å². The molecule has 2 bridgehead atoms. The number of methoxy groups -OCH3 is 1. The summed E-state index contributed by atoms with van der Waals surface area (Å²) < 4.78 is 24.3. The average Bonchev–Trinajstić information content (AvgIpc) is 3.09. The van der Waals surface area contributed by atoms with Crippen molar-refractivity contribution in [2.75, 3.05) is 13.7 Å². The minimum atomic E-state index is -2.08. The SMILES string of the molecule is C=C(C)[C@@]12C[C@@H](C)[C@@]3(O[C@@](O)(Cc4ccccc4)O1)[C@@H](C=C(COC(=O)Cc1ccc(O)c(OC)c1)C[C@]1(O)C(=O)C(C)=C[C@@H]31)C2. The van der Waals surface area contributed by atoms with Crippen molar-refractivity contribution in [1.29, 1.82) is 0 Å². The Morgan fingerprint density at radius 3 is 2.50 bits per heavy atom. The van der Waals surface area contributed by atoms with Crippen LogP contribution in [0.2, 0.25) is 0 Å². The van der Waals surface area contributed by atoms with E-state index in [-0.39, 0.29) is 43.3 Å². The number of carbonyl (C=O) groups excluding carboxylic acids is 2. The number of phenols is 1. The first-order chi connectivity index (χ1) is 21.7. The average molecular weight is 631 g/mol. The summed E-state index contributed by atoms with van der Waals surface area (Å²) in [6.07, 6.45) is 4.51. The summed E-state index contributed by atoms with van der Waals surface area (Å²) in [6, 6.07) is 14.0. The van der Waals surface area contributed by atoms with Gasteiger partial charge in [-0.2, -0.15) is 0 Å². The molecule has 7 rings (SSSR count). The first kappa shape index (κ1) is 32.2. The summed E-state index contributed by atoms with van der Waals surface area (Å²) in [5, 5.41) is 34.5. The molecule has 0 unspecified atom stereocenters. The smallest absolute Gasteiger partial charge is 0.310 e. The fourth-order valence-electron chi connectivity index (χ4n) is 8.28. The fraction of sp³-hybridized carbons (Fsp3) is 0.459. The van der Waals surface area contributed by atoms with Crippen molar-refractivity contribution in [3.63, 3.8) is 0 Å². The standard InChI is InChI=1S/C37H42O9/c1-22(2)34-17-24(4)37(46-36(42,45-34)19-25-9-7-6-8-10-25)28(20-34)14-27(18-35(41)31(37)13-23(3)33(35)40)21-44-32(39)16-26-11-12-29(38)30(15-26)43-5/h6-15,24,28,31,38,41-42H,1,16-21H2,2-5H3/t24-,28+,31-,34+,35-,36-,37-/m1/s1. The van der Waals surface area contributed by atoms with Gasteiger partial charge in [0, 0.05) is 18.3 Å². The molecule has 2 aromatic carbocycles. The molecule has 9 nitrogen and oxygen atoms in total. The van der Waals surface area contributed by atoms with Gasteiger partial charge in [-0.15, -0.1) is 0 Å². The number of phenolic OH excluding ortho intramolecular Hbond substituents is 1. The zero-order chi connectivity index (χ0) is 33.1. The number of ketones is 1. The van der Waals surface area contributed by atoms with Gasteiger partial charge in [0.05, 0.1) is 31.2 Å². The number of carbonyl (C=O) groups is 2. The Balaban J connectivity index is 1.38. The number of hydrogen-bond donors (Lipinski definition) is 3. The highest BCUT2D eigenvalue weighted by Gasteiger charge is 2.71. The van der Waals surface area contributed by atoms with Crippen molar-refractivity contribution >= 4 is 11.8 Å². The van der Waals surface area contributed by atoms with Crippen LogP contribution < -0.4 is 4.74 Å². The molecular formula is C37H42O9. The van der Waals surface area contributed by atoms with Gasteiger partial charge in [-0.25, -0.2) is 0 Å². The molecule has 3 N–H and O–H groups in total. The Morgan fingerprint density at radius 2 is 1.80 bits per heavy atom. The van der Waals surface area contributed by atoms with Crippen LogP contribution in [0.5, 0.6) is 11.5 Å². The first-order valence-corrected chi connectivity index (χ1v) is 15.7. The van der Waals surface area contributed by atoms with Crippen molar-refractivity contribution in [2.45, 2.75) is 75.7 Å². The molecule has 3 aliphatic carbocycles. The van der Waals surface area contributed by atoms with Gasteiger partial charge in [0.15, 0.2) is 17.3 Å². The van der Waals surface area contributed by atoms with E-state index in [1.165, 1.54) is 13.2 Å². The molecule has 1 saturated carbocycles. The van der Waals surface area contributed by atoms with Crippen LogP contribution in [-0.4, -0.2) is 63.6 Å². The molecule has 7 atom stereocenters. The largest absolute Gasteiger partial charge is 0.504 e. The second-order valence-corrected chi connectivity index (χ2v) is 13.5. The highest BCUT2D eigenvalue weighted by atomic mass is 16.8. The molecule has 1 spiro atoms. The maximum atomic E-state index is 13.7. The molecule has 46 heavy (non-hydrogen) atoms. The number of esters is 1. The van der Waals surface area contributed by atoms with Gasteiger partial charge in [0.25, 0.3) is 5.97 Å². The molecule has 5 aliphatic rings. The van der Waals surface area contributed by atoms with Crippen molar-refractivity contribution < 1.29 is 43.9 Å². The second kappa shape index (κ2) is 11.5. The minimum absolute atomic E-state index is 0.0298. The molecule has 2 aromatic rings. The van der Waals surface area contributed by atoms with E-state index in [9.17, 15) is 24.9 Å². The van der Waals surface area contributed by atoms with Crippen LogP contribution in [0.3, 0.4) is 0 Å². The maximum Gasteiger partial charge on any atom is 0.310 e. The molecule has 0 amide bonds. The van der Waals surface area contributed by atoms with Gasteiger partial charge in [-0.3, -0.25) is 9.59 Å². The molecule has 244 valence electrons. The lowest BCUT2D eigenvalue weighted by Gasteiger charge is -2.53. The summed E-state index contributed by atoms with van der Waals surface area (Å²) in [5.74, 6) is -4.30. The van der Waals surface area contributed by atoms with Crippen molar-refractivity contribution in [3.05, 3.63) is 95.1 Å². The summed E-state index contributed by atoms with van der Waals surface area (Å²) >= 11 is 0. The van der Waals surface area contributed by atoms with Crippen LogP contribution in [0.4, 0.5) is 0 Å². The lowest BCUT2D eigenvalue weighted by Crippen LogP contribution is -2.63. The van der Waals surface area contributed by atoms with Crippen LogP contribution in [0.1, 0.15) is 51.2 Å². The Morgan fingerprint density at radius 1 is 1.07 bits per heavy atom. The van der Waals surface area contributed by atoms with E-state index >= 15 is 0 Å². The summed E-state index contributed by atoms with van der Waals surface area (Å²) in [5.41, 5.74) is -0.918. The van der Waals surface area contributed by atoms with Gasteiger partial charge in [0.2, 0.25) is 0 Å². The monoisotopic (exact) mass is 630 g/mol. The number of hydrogen-bond acceptors (Lipinski definition) is 9. The topological polar surface area (TPSA) is 132 Å². The predicted octanol–water partition coefficient (Wildman–Crippen LogP) is 4.73. The van der Waals surface area contributed by atoms with Crippen LogP contribution >= 0.6 is 0 Å². The van der Waals surface area contributed by atoms with E-state index in [4.69, 9.17) is 18.9 Å². The Hall–Kier alpha value is -3.76. The quantitative estimate of drug-likeness (QED) is 0.280. The summed E-state index contributed by atoms with van der Waals surface area (Å²) in [7, 11) is 1.43. The van der Waals surface area contributed by atoms with Crippen molar-refractivity contribution in [1.82, 2.24) is 0 Å². The lowest BCUT2D eigenvalue weighted by atomic mass is 9.56. The molecule has 2 aliphatic heterocycles. The first-order valence-electron chi connectivity index (χ1n) is 15.7. The van der Waals surface area contributed by atoms with Gasteiger partial charge >= 0.3 is 5.97 Å². The third kappa shape index (κ3) is 5.29. The normalized spacial score (nSPS) is 34.8. The van der Waals surface area contributed by atoms with Gasteiger partial charge in [0.1, 0.15) is 12.2 Å². The number of benzene rings is 2. The molecular weight excluding hydrogens is 588 g/mol. The third-order valence-electron chi connectivity index (χ3n) is 10.4. The third-order valence-corrected chi connectivity index (χ3v) is 10.4. The van der Waals surface area contributed by atoms with E-state index in [0.29, 0.717) is 29.6 Å². The van der Waals surface area contributed by atoms with E-state index in [2.05, 4.69) is 6.58 Å². The van der Waals surface area contributed by atoms with Crippen molar-refractivity contribution in [2.24, 2.45) is 17.8 Å². The number of ether oxygens (including phenoxy) is 4. The number of aliphatic hydroxyl groups is 2. The zero-order valence-electron chi connectivity index (χ0n) is 26.7. The van der Waals surface area contributed by atoms with Gasteiger partial charge < -0.3 is 34.3 Å². The summed E-state index contributed by atoms with van der Waals surface area (Å²) in [4.78, 5) is 26.7. The van der Waals surface area contributed by atoms with Crippen LogP contribution in [-0.2, 0) is 36.6 Å². The van der Waals surface area contributed by atoms with E-state index in [0.717, 1.165) is 11.1 Å². The number of aromatic hydroxyl groups is 1. The van der Waals surface area contributed by atoms with E-state index in [1.807, 2.05) is 50.3 Å². The van der Waals surface area contributed by atoms with Crippen LogP contribution in [0.15, 0.2) is 84.0 Å². The number of fused-ring (bicyclic) bond motifs is 4. The second-order valence-electron chi connectivity index (χ2n) is 13.5. The predicted molar refractivity (Wildman–Crippen MR) is 169 cm³/mol. The molecule has 0 aromatic heterocycles. The highest BCUT2D eigenvalue weighted by molar-refractivity contribution is 6.04. The molecule has 3 fully saturated rings. The fourth-order valence-corrected chi connectivity index (χ4v) is 8.28. The number of Topliss-reactive ketones (excluding diaryl/α,β-unsaturated/α-hetero) is 1. The number of rotatable bonds is 8. The van der Waals surface area contributed by atoms with Crippen LogP contribution in [0.25, 0.3) is 0 Å². The summed E-state index contributed by atoms with van der Waals surface area (Å²) in [6.45, 7) is 9.71. The Kier molecular flexibility index (Phi) is 8.04. The zero-order valence-corrected chi connectivity index (χ0v) is 26.7. The Bertz CT molecular complexity index is 1630. The Labute approximate surface area is 269 Å². The molecule has 2 heterocycles. The lowest BCUT2D eigenvalue weighted by molar-refractivity contribution is -0.404. The molecule has 0 radical (unpaired) electrons. The molecule has 9 heteroatoms. The van der Waals surface area contributed by atoms with Crippen molar-refractivity contribution in [3.8, 4) is 11.5 Å². The minimum Gasteiger partial charge on any atom is -0.504 e. The highest BCUT2D eigenvalue weighted by Crippen LogP contribution is 2.63.